The molecule has 20 heavy (non-hydrogen) atoms. The number of sulfonamides is 1. The number of piperidine rings is 1. The van der Waals surface area contributed by atoms with Crippen LogP contribution in [0.4, 0.5) is 5.13 Å². The van der Waals surface area contributed by atoms with Gasteiger partial charge in [0.15, 0.2) is 0 Å². The molecule has 0 atom stereocenters. The highest BCUT2D eigenvalue weighted by Gasteiger charge is 2.27. The third kappa shape index (κ3) is 3.67. The fraction of sp³-hybridized carbons (Fsp3) is 0.833. The second-order valence-electron chi connectivity index (χ2n) is 5.33. The lowest BCUT2D eigenvalue weighted by molar-refractivity contribution is 0.330. The second kappa shape index (κ2) is 6.36. The highest BCUT2D eigenvalue weighted by Crippen LogP contribution is 2.22. The van der Waals surface area contributed by atoms with E-state index in [1.165, 1.54) is 11.5 Å². The van der Waals surface area contributed by atoms with Gasteiger partial charge in [-0.25, -0.2) is 17.7 Å². The summed E-state index contributed by atoms with van der Waals surface area (Å²) in [5, 5.41) is 4.21. The summed E-state index contributed by atoms with van der Waals surface area (Å²) in [6, 6.07) is 0.284. The van der Waals surface area contributed by atoms with Crippen LogP contribution in [0.3, 0.4) is 0 Å². The summed E-state index contributed by atoms with van der Waals surface area (Å²) in [4.78, 5) is 4.45. The molecule has 0 amide bonds. The van der Waals surface area contributed by atoms with E-state index in [0.29, 0.717) is 19.0 Å². The summed E-state index contributed by atoms with van der Waals surface area (Å²) in [5.74, 6) is 1.38. The van der Waals surface area contributed by atoms with Crippen molar-refractivity contribution in [1.82, 2.24) is 13.7 Å². The van der Waals surface area contributed by atoms with E-state index in [-0.39, 0.29) is 11.8 Å². The number of aromatic nitrogens is 2. The van der Waals surface area contributed by atoms with E-state index in [9.17, 15) is 8.42 Å². The van der Waals surface area contributed by atoms with E-state index in [0.717, 1.165) is 23.8 Å². The van der Waals surface area contributed by atoms with Gasteiger partial charge in [0.25, 0.3) is 0 Å². The van der Waals surface area contributed by atoms with E-state index in [2.05, 4.69) is 28.5 Å². The van der Waals surface area contributed by atoms with E-state index < -0.39 is 10.0 Å². The first kappa shape index (κ1) is 15.7. The molecule has 0 aliphatic carbocycles. The van der Waals surface area contributed by atoms with E-state index in [1.54, 1.807) is 11.2 Å². The van der Waals surface area contributed by atoms with Gasteiger partial charge < -0.3 is 5.32 Å². The van der Waals surface area contributed by atoms with E-state index in [1.807, 2.05) is 0 Å². The van der Waals surface area contributed by atoms with Gasteiger partial charge in [-0.2, -0.15) is 4.37 Å². The Morgan fingerprint density at radius 1 is 1.40 bits per heavy atom. The molecular formula is C12H22N4O2S2. The Hall–Kier alpha value is -0.730. The number of nitrogens with one attached hydrogen (secondary N) is 1. The van der Waals surface area contributed by atoms with Crippen LogP contribution in [0, 0.1) is 0 Å². The molecule has 1 aromatic rings. The first-order valence-electron chi connectivity index (χ1n) is 7.00. The minimum atomic E-state index is -3.04. The third-order valence-corrected chi connectivity index (χ3v) is 6.04. The molecule has 0 spiro atoms. The molecule has 1 aromatic heterocycles. The van der Waals surface area contributed by atoms with Crippen molar-refractivity contribution in [3.8, 4) is 0 Å². The lowest BCUT2D eigenvalue weighted by Gasteiger charge is -2.31. The summed E-state index contributed by atoms with van der Waals surface area (Å²) in [5.41, 5.74) is 0. The zero-order chi connectivity index (χ0) is 14.8. The molecule has 2 rings (SSSR count). The predicted octanol–water partition coefficient (Wildman–Crippen LogP) is 1.89. The molecule has 0 saturated carbocycles. The summed E-state index contributed by atoms with van der Waals surface area (Å²) in [6.45, 7) is 7.00. The molecule has 6 nitrogen and oxygen atoms in total. The molecule has 0 radical (unpaired) electrons. The molecular weight excluding hydrogens is 296 g/mol. The molecule has 0 bridgehead atoms. The zero-order valence-electron chi connectivity index (χ0n) is 12.2. The smallest absolute Gasteiger partial charge is 0.213 e. The van der Waals surface area contributed by atoms with Crippen molar-refractivity contribution >= 4 is 26.7 Å². The number of hydrogen-bond acceptors (Lipinski definition) is 6. The summed E-state index contributed by atoms with van der Waals surface area (Å²) < 4.78 is 29.5. The summed E-state index contributed by atoms with van der Waals surface area (Å²) in [7, 11) is -3.04. The van der Waals surface area contributed by atoms with Gasteiger partial charge in [-0.05, 0) is 19.8 Å². The van der Waals surface area contributed by atoms with Gasteiger partial charge in [-0.3, -0.25) is 0 Å². The minimum Gasteiger partial charge on any atom is -0.357 e. The van der Waals surface area contributed by atoms with Crippen LogP contribution in [0.15, 0.2) is 0 Å². The summed E-state index contributed by atoms with van der Waals surface area (Å²) in [6.07, 6.45) is 1.63. The first-order chi connectivity index (χ1) is 9.42. The molecule has 0 aromatic carbocycles. The zero-order valence-corrected chi connectivity index (χ0v) is 13.8. The monoisotopic (exact) mass is 318 g/mol. The average molecular weight is 318 g/mol. The molecule has 1 fully saturated rings. The highest BCUT2D eigenvalue weighted by atomic mass is 32.2. The lowest BCUT2D eigenvalue weighted by atomic mass is 10.1. The maximum atomic E-state index is 11.8. The van der Waals surface area contributed by atoms with Gasteiger partial charge in [-0.15, -0.1) is 0 Å². The predicted molar refractivity (Wildman–Crippen MR) is 81.7 cm³/mol. The Balaban J connectivity index is 1.88. The largest absolute Gasteiger partial charge is 0.357 e. The van der Waals surface area contributed by atoms with Crippen LogP contribution in [-0.2, 0) is 10.0 Å². The van der Waals surface area contributed by atoms with Crippen molar-refractivity contribution in [3.05, 3.63) is 5.82 Å². The Labute approximate surface area is 124 Å². The van der Waals surface area contributed by atoms with Gasteiger partial charge in [0, 0.05) is 36.6 Å². The van der Waals surface area contributed by atoms with Crippen molar-refractivity contribution in [1.29, 1.82) is 0 Å². The van der Waals surface area contributed by atoms with Crippen molar-refractivity contribution in [3.63, 3.8) is 0 Å². The molecule has 2 heterocycles. The van der Waals surface area contributed by atoms with Crippen LogP contribution in [0.1, 0.15) is 45.4 Å². The average Bonchev–Trinajstić information content (AvgIpc) is 2.88. The maximum absolute atomic E-state index is 11.8. The Morgan fingerprint density at radius 3 is 2.55 bits per heavy atom. The van der Waals surface area contributed by atoms with Crippen molar-refractivity contribution in [2.24, 2.45) is 0 Å². The molecule has 0 unspecified atom stereocenters. The van der Waals surface area contributed by atoms with Crippen LogP contribution in [0.2, 0.25) is 0 Å². The normalized spacial score (nSPS) is 18.6. The Morgan fingerprint density at radius 2 is 2.05 bits per heavy atom. The molecule has 8 heteroatoms. The number of anilines is 1. The molecule has 114 valence electrons. The van der Waals surface area contributed by atoms with E-state index in [4.69, 9.17) is 0 Å². The quantitative estimate of drug-likeness (QED) is 0.897. The fourth-order valence-electron chi connectivity index (χ4n) is 2.16. The standard InChI is InChI=1S/C12H22N4O2S2/c1-4-20(17,18)16-7-5-10(6-8-16)13-12-14-11(9(2)3)15-19-12/h9-10H,4-8H2,1-3H3,(H,13,14,15). The second-order valence-corrected chi connectivity index (χ2v) is 8.34. The minimum absolute atomic E-state index is 0.180. The van der Waals surface area contributed by atoms with Crippen molar-refractivity contribution in [2.75, 3.05) is 24.2 Å². The van der Waals surface area contributed by atoms with Crippen LogP contribution in [-0.4, -0.2) is 47.0 Å². The van der Waals surface area contributed by atoms with Crippen LogP contribution in [0.25, 0.3) is 0 Å². The number of rotatable bonds is 5. The third-order valence-electron chi connectivity index (χ3n) is 3.50. The van der Waals surface area contributed by atoms with Gasteiger partial charge in [-0.1, -0.05) is 13.8 Å². The van der Waals surface area contributed by atoms with Crippen LogP contribution in [0.5, 0.6) is 0 Å². The van der Waals surface area contributed by atoms with Crippen molar-refractivity contribution < 1.29 is 8.42 Å². The SMILES string of the molecule is CCS(=O)(=O)N1CCC(Nc2nc(C(C)C)ns2)CC1. The van der Waals surface area contributed by atoms with Gasteiger partial charge in [0.1, 0.15) is 5.82 Å². The highest BCUT2D eigenvalue weighted by molar-refractivity contribution is 7.89. The fourth-order valence-corrected chi connectivity index (χ4v) is 4.08. The van der Waals surface area contributed by atoms with Gasteiger partial charge >= 0.3 is 0 Å². The van der Waals surface area contributed by atoms with Gasteiger partial charge in [0.05, 0.1) is 5.75 Å². The van der Waals surface area contributed by atoms with Crippen LogP contribution < -0.4 is 5.32 Å². The maximum Gasteiger partial charge on any atom is 0.213 e. The first-order valence-corrected chi connectivity index (χ1v) is 9.38. The number of hydrogen-bond donors (Lipinski definition) is 1. The Bertz CT molecular complexity index is 533. The molecule has 1 aliphatic rings. The van der Waals surface area contributed by atoms with Crippen LogP contribution >= 0.6 is 11.5 Å². The Kier molecular flexibility index (Phi) is 4.98. The van der Waals surface area contributed by atoms with E-state index >= 15 is 0 Å². The number of nitrogens with zero attached hydrogens (tertiary/aromatic N) is 3. The lowest BCUT2D eigenvalue weighted by Crippen LogP contribution is -2.42. The van der Waals surface area contributed by atoms with Crippen molar-refractivity contribution in [2.45, 2.75) is 45.6 Å². The molecule has 1 N–H and O–H groups in total. The molecule has 1 saturated heterocycles. The van der Waals surface area contributed by atoms with Gasteiger partial charge in [0.2, 0.25) is 15.2 Å². The topological polar surface area (TPSA) is 75.2 Å². The summed E-state index contributed by atoms with van der Waals surface area (Å²) >= 11 is 1.38. The molecule has 1 aliphatic heterocycles.